The zero-order valence-electron chi connectivity index (χ0n) is 7.70. The Bertz CT molecular complexity index is 262. The molecule has 0 amide bonds. The molecule has 3 unspecified atom stereocenters. The quantitative estimate of drug-likeness (QED) is 0.658. The molecular formula is C10H15NO2. The lowest BCUT2D eigenvalue weighted by molar-refractivity contribution is -0.149. The summed E-state index contributed by atoms with van der Waals surface area (Å²) in [5, 5.41) is 8.93. The van der Waals surface area contributed by atoms with E-state index in [2.05, 4.69) is 4.90 Å². The number of rotatable bonds is 1. The van der Waals surface area contributed by atoms with Crippen LogP contribution in [0.1, 0.15) is 32.1 Å². The van der Waals surface area contributed by atoms with Crippen molar-refractivity contribution in [1.29, 1.82) is 0 Å². The number of fused-ring (bicyclic) bond motifs is 1. The van der Waals surface area contributed by atoms with E-state index in [-0.39, 0.29) is 5.92 Å². The van der Waals surface area contributed by atoms with Gasteiger partial charge in [0.1, 0.15) is 0 Å². The topological polar surface area (TPSA) is 40.5 Å². The van der Waals surface area contributed by atoms with Crippen molar-refractivity contribution in [2.24, 2.45) is 5.92 Å². The summed E-state index contributed by atoms with van der Waals surface area (Å²) in [7, 11) is 0. The van der Waals surface area contributed by atoms with E-state index in [4.69, 9.17) is 5.11 Å². The standard InChI is InChI=1S/C10H15NO2/c12-9(13)7-1-3-10-4-2-8(5-10)11(10)6-7/h7-8H,1-6H2,(H,12,13). The molecule has 1 N–H and O–H groups in total. The molecule has 4 fully saturated rings. The molecule has 72 valence electrons. The number of carbonyl (C=O) groups is 1. The first-order chi connectivity index (χ1) is 6.21. The van der Waals surface area contributed by atoms with Crippen molar-refractivity contribution in [2.45, 2.75) is 43.7 Å². The number of carboxylic acids is 1. The van der Waals surface area contributed by atoms with Crippen LogP contribution in [-0.2, 0) is 4.79 Å². The van der Waals surface area contributed by atoms with Gasteiger partial charge in [0.05, 0.1) is 5.92 Å². The fourth-order valence-electron chi connectivity index (χ4n) is 3.57. The van der Waals surface area contributed by atoms with Crippen LogP contribution in [-0.4, -0.2) is 34.1 Å². The van der Waals surface area contributed by atoms with Crippen LogP contribution in [0, 0.1) is 5.92 Å². The van der Waals surface area contributed by atoms with Crippen molar-refractivity contribution in [3.05, 3.63) is 0 Å². The first-order valence-electron chi connectivity index (χ1n) is 5.21. The lowest BCUT2D eigenvalue weighted by Gasteiger charge is -2.55. The van der Waals surface area contributed by atoms with Crippen molar-refractivity contribution < 1.29 is 9.90 Å². The van der Waals surface area contributed by atoms with E-state index in [0.717, 1.165) is 25.4 Å². The van der Waals surface area contributed by atoms with Crippen molar-refractivity contribution in [2.75, 3.05) is 6.54 Å². The minimum atomic E-state index is -0.596. The van der Waals surface area contributed by atoms with Crippen LogP contribution in [0.5, 0.6) is 0 Å². The highest BCUT2D eigenvalue weighted by atomic mass is 16.4. The normalized spacial score (nSPS) is 48.3. The summed E-state index contributed by atoms with van der Waals surface area (Å²) in [6.07, 6.45) is 6.01. The number of hydrogen-bond acceptors (Lipinski definition) is 2. The number of nitrogens with zero attached hydrogens (tertiary/aromatic N) is 1. The van der Waals surface area contributed by atoms with Crippen molar-refractivity contribution in [3.63, 3.8) is 0 Å². The minimum absolute atomic E-state index is 0.0889. The van der Waals surface area contributed by atoms with Gasteiger partial charge in [-0.1, -0.05) is 0 Å². The lowest BCUT2D eigenvalue weighted by atomic mass is 9.75. The van der Waals surface area contributed by atoms with Gasteiger partial charge in [0.15, 0.2) is 0 Å². The Morgan fingerprint density at radius 1 is 1.38 bits per heavy atom. The molecule has 0 radical (unpaired) electrons. The van der Waals surface area contributed by atoms with Crippen LogP contribution in [0.15, 0.2) is 0 Å². The highest BCUT2D eigenvalue weighted by Gasteiger charge is 2.59. The van der Waals surface area contributed by atoms with Crippen molar-refractivity contribution >= 4 is 5.97 Å². The van der Waals surface area contributed by atoms with Crippen molar-refractivity contribution in [3.8, 4) is 0 Å². The van der Waals surface area contributed by atoms with E-state index in [0.29, 0.717) is 5.54 Å². The Kier molecular flexibility index (Phi) is 1.36. The molecule has 1 aliphatic carbocycles. The largest absolute Gasteiger partial charge is 0.481 e. The number of carboxylic acid groups (broad SMARTS) is 1. The summed E-state index contributed by atoms with van der Waals surface area (Å²) in [6, 6.07) is 0.738. The second-order valence-corrected chi connectivity index (χ2v) is 4.85. The molecule has 1 spiro atoms. The fraction of sp³-hybridized carbons (Fsp3) is 0.900. The molecule has 0 aromatic carbocycles. The fourth-order valence-corrected chi connectivity index (χ4v) is 3.57. The van der Waals surface area contributed by atoms with E-state index >= 15 is 0 Å². The Hall–Kier alpha value is -0.570. The molecule has 3 atom stereocenters. The van der Waals surface area contributed by atoms with E-state index in [9.17, 15) is 4.79 Å². The monoisotopic (exact) mass is 181 g/mol. The van der Waals surface area contributed by atoms with Crippen LogP contribution in [0.4, 0.5) is 0 Å². The Morgan fingerprint density at radius 3 is 2.85 bits per heavy atom. The van der Waals surface area contributed by atoms with Gasteiger partial charge in [0.2, 0.25) is 0 Å². The molecule has 1 saturated carbocycles. The third-order valence-corrected chi connectivity index (χ3v) is 4.33. The molecule has 0 aromatic heterocycles. The molecule has 3 nitrogen and oxygen atoms in total. The molecule has 3 aliphatic heterocycles. The van der Waals surface area contributed by atoms with Gasteiger partial charge in [-0.05, 0) is 32.1 Å². The summed E-state index contributed by atoms with van der Waals surface area (Å²) in [5.41, 5.74) is 0.469. The highest BCUT2D eigenvalue weighted by molar-refractivity contribution is 5.70. The predicted octanol–water partition coefficient (Wildman–Crippen LogP) is 1.09. The SMILES string of the molecule is O=C(O)C1CCC23CCC(C2)N3C1. The van der Waals surface area contributed by atoms with Gasteiger partial charge in [0.25, 0.3) is 0 Å². The maximum Gasteiger partial charge on any atom is 0.307 e. The van der Waals surface area contributed by atoms with E-state index < -0.39 is 5.97 Å². The van der Waals surface area contributed by atoms with E-state index in [1.165, 1.54) is 19.3 Å². The van der Waals surface area contributed by atoms with Gasteiger partial charge < -0.3 is 5.11 Å². The van der Waals surface area contributed by atoms with E-state index in [1.54, 1.807) is 0 Å². The summed E-state index contributed by atoms with van der Waals surface area (Å²) in [4.78, 5) is 13.3. The molecule has 4 rings (SSSR count). The molecule has 0 aromatic rings. The van der Waals surface area contributed by atoms with Crippen LogP contribution in [0.25, 0.3) is 0 Å². The second kappa shape index (κ2) is 2.27. The van der Waals surface area contributed by atoms with Gasteiger partial charge >= 0.3 is 5.97 Å². The first kappa shape index (κ1) is 7.80. The van der Waals surface area contributed by atoms with Crippen LogP contribution >= 0.6 is 0 Å². The minimum Gasteiger partial charge on any atom is -0.481 e. The number of aliphatic carboxylic acids is 1. The number of piperidine rings is 1. The lowest BCUT2D eigenvalue weighted by Crippen LogP contribution is -2.63. The van der Waals surface area contributed by atoms with Crippen LogP contribution < -0.4 is 0 Å². The van der Waals surface area contributed by atoms with Crippen LogP contribution in [0.2, 0.25) is 0 Å². The Balaban J connectivity index is 1.77. The zero-order valence-corrected chi connectivity index (χ0v) is 7.70. The van der Waals surface area contributed by atoms with Gasteiger partial charge in [-0.2, -0.15) is 0 Å². The van der Waals surface area contributed by atoms with Crippen LogP contribution in [0.3, 0.4) is 0 Å². The molecule has 3 heterocycles. The second-order valence-electron chi connectivity index (χ2n) is 4.85. The third kappa shape index (κ3) is 0.857. The highest BCUT2D eigenvalue weighted by Crippen LogP contribution is 2.55. The maximum atomic E-state index is 10.8. The molecule has 4 aliphatic rings. The third-order valence-electron chi connectivity index (χ3n) is 4.33. The summed E-state index contributed by atoms with van der Waals surface area (Å²) in [6.45, 7) is 0.819. The maximum absolute atomic E-state index is 10.8. The van der Waals surface area contributed by atoms with Gasteiger partial charge in [-0.3, -0.25) is 9.69 Å². The summed E-state index contributed by atoms with van der Waals surface area (Å²) in [5.74, 6) is -0.685. The Labute approximate surface area is 77.7 Å². The van der Waals surface area contributed by atoms with Gasteiger partial charge in [0, 0.05) is 18.1 Å². The van der Waals surface area contributed by atoms with Gasteiger partial charge in [-0.25, -0.2) is 0 Å². The smallest absolute Gasteiger partial charge is 0.307 e. The predicted molar refractivity (Wildman–Crippen MR) is 47.4 cm³/mol. The number of hydrogen-bond donors (Lipinski definition) is 1. The first-order valence-corrected chi connectivity index (χ1v) is 5.21. The molecule has 2 bridgehead atoms. The Morgan fingerprint density at radius 2 is 2.15 bits per heavy atom. The average Bonchev–Trinajstić information content (AvgIpc) is 2.61. The molecule has 3 saturated heterocycles. The summed E-state index contributed by atoms with van der Waals surface area (Å²) >= 11 is 0. The average molecular weight is 181 g/mol. The molecule has 13 heavy (non-hydrogen) atoms. The molecular weight excluding hydrogens is 166 g/mol. The van der Waals surface area contributed by atoms with Crippen molar-refractivity contribution in [1.82, 2.24) is 4.90 Å². The zero-order chi connectivity index (χ0) is 9.05. The molecule has 3 heteroatoms. The summed E-state index contributed by atoms with van der Waals surface area (Å²) < 4.78 is 0. The van der Waals surface area contributed by atoms with Gasteiger partial charge in [-0.15, -0.1) is 0 Å². The van der Waals surface area contributed by atoms with E-state index in [1.807, 2.05) is 0 Å².